The maximum atomic E-state index is 12.5. The number of aliphatic hydroxyl groups is 1. The van der Waals surface area contributed by atoms with E-state index < -0.39 is 6.10 Å². The Morgan fingerprint density at radius 2 is 2.04 bits per heavy atom. The summed E-state index contributed by atoms with van der Waals surface area (Å²) in [6.45, 7) is 2.42. The van der Waals surface area contributed by atoms with Crippen LogP contribution in [0.1, 0.15) is 55.5 Å². The molecule has 1 aliphatic rings. The topological polar surface area (TPSA) is 70.4 Å². The summed E-state index contributed by atoms with van der Waals surface area (Å²) in [6, 6.07) is 11.6. The molecule has 0 aliphatic heterocycles. The number of aromatic nitrogens is 2. The van der Waals surface area contributed by atoms with Gasteiger partial charge in [0.1, 0.15) is 5.82 Å². The Balaban J connectivity index is 1.56. The van der Waals surface area contributed by atoms with E-state index in [1.54, 1.807) is 11.9 Å². The van der Waals surface area contributed by atoms with Gasteiger partial charge in [-0.1, -0.05) is 43.2 Å². The van der Waals surface area contributed by atoms with Crippen molar-refractivity contribution in [3.8, 4) is 0 Å². The lowest BCUT2D eigenvalue weighted by molar-refractivity contribution is 0.152. The van der Waals surface area contributed by atoms with E-state index in [0.29, 0.717) is 19.0 Å². The Kier molecular flexibility index (Phi) is 5.93. The molecule has 6 heteroatoms. The highest BCUT2D eigenvalue weighted by Gasteiger charge is 2.22. The summed E-state index contributed by atoms with van der Waals surface area (Å²) >= 11 is 0. The highest BCUT2D eigenvalue weighted by molar-refractivity contribution is 5.88. The Morgan fingerprint density at radius 1 is 1.35 bits per heavy atom. The van der Waals surface area contributed by atoms with Crippen molar-refractivity contribution in [2.24, 2.45) is 0 Å². The summed E-state index contributed by atoms with van der Waals surface area (Å²) < 4.78 is 1.97. The number of carbonyl (C=O) groups excluding carboxylic acids is 1. The van der Waals surface area contributed by atoms with Crippen LogP contribution in [0.4, 0.5) is 10.6 Å². The predicted molar refractivity (Wildman–Crippen MR) is 102 cm³/mol. The molecule has 1 saturated carbocycles. The highest BCUT2D eigenvalue weighted by Crippen LogP contribution is 2.31. The van der Waals surface area contributed by atoms with Crippen LogP contribution in [-0.4, -0.2) is 39.4 Å². The minimum atomic E-state index is -0.572. The summed E-state index contributed by atoms with van der Waals surface area (Å²) in [6.07, 6.45) is 4.58. The van der Waals surface area contributed by atoms with Gasteiger partial charge in [-0.05, 0) is 31.7 Å². The van der Waals surface area contributed by atoms with E-state index in [0.717, 1.165) is 29.9 Å². The summed E-state index contributed by atoms with van der Waals surface area (Å²) in [7, 11) is 1.75. The molecule has 0 spiro atoms. The molecule has 1 atom stereocenters. The minimum Gasteiger partial charge on any atom is -0.388 e. The van der Waals surface area contributed by atoms with Gasteiger partial charge in [0.15, 0.2) is 0 Å². The molecule has 0 unspecified atom stereocenters. The number of aryl methyl sites for hydroxylation is 1. The number of amides is 2. The van der Waals surface area contributed by atoms with Crippen LogP contribution in [0.25, 0.3) is 0 Å². The first kappa shape index (κ1) is 18.5. The molecule has 1 aromatic heterocycles. The van der Waals surface area contributed by atoms with Crippen LogP contribution >= 0.6 is 0 Å². The van der Waals surface area contributed by atoms with Crippen LogP contribution in [0.15, 0.2) is 36.4 Å². The zero-order valence-electron chi connectivity index (χ0n) is 15.6. The molecule has 3 rings (SSSR count). The molecular formula is C20H28N4O2. The van der Waals surface area contributed by atoms with Gasteiger partial charge in [-0.15, -0.1) is 0 Å². The van der Waals surface area contributed by atoms with E-state index in [4.69, 9.17) is 0 Å². The number of nitrogens with zero attached hydrogens (tertiary/aromatic N) is 3. The smallest absolute Gasteiger partial charge is 0.322 e. The molecule has 2 N–H and O–H groups in total. The van der Waals surface area contributed by atoms with E-state index >= 15 is 0 Å². The SMILES string of the molecule is Cc1cc(NC(=O)N(C)CC[C@H](O)c2ccccc2)n(C2CCCC2)n1. The lowest BCUT2D eigenvalue weighted by Gasteiger charge is -2.21. The maximum absolute atomic E-state index is 12.5. The van der Waals surface area contributed by atoms with Crippen molar-refractivity contribution in [3.05, 3.63) is 47.7 Å². The van der Waals surface area contributed by atoms with Crippen molar-refractivity contribution < 1.29 is 9.90 Å². The number of carbonyl (C=O) groups is 1. The third-order valence-electron chi connectivity index (χ3n) is 5.03. The normalized spacial score (nSPS) is 15.8. The largest absolute Gasteiger partial charge is 0.388 e. The third-order valence-corrected chi connectivity index (χ3v) is 5.03. The molecule has 0 bridgehead atoms. The van der Waals surface area contributed by atoms with Crippen LogP contribution in [0, 0.1) is 6.92 Å². The summed E-state index contributed by atoms with van der Waals surface area (Å²) in [5, 5.41) is 17.8. The fourth-order valence-corrected chi connectivity index (χ4v) is 3.50. The first-order valence-electron chi connectivity index (χ1n) is 9.36. The number of hydrogen-bond donors (Lipinski definition) is 2. The molecule has 6 nitrogen and oxygen atoms in total. The molecule has 2 amide bonds. The summed E-state index contributed by atoms with van der Waals surface area (Å²) in [5.74, 6) is 0.759. The van der Waals surface area contributed by atoms with Crippen molar-refractivity contribution in [1.82, 2.24) is 14.7 Å². The van der Waals surface area contributed by atoms with Gasteiger partial charge in [-0.2, -0.15) is 5.10 Å². The highest BCUT2D eigenvalue weighted by atomic mass is 16.3. The van der Waals surface area contributed by atoms with Gasteiger partial charge >= 0.3 is 6.03 Å². The average molecular weight is 356 g/mol. The molecule has 0 saturated heterocycles. The van der Waals surface area contributed by atoms with Crippen molar-refractivity contribution >= 4 is 11.8 Å². The maximum Gasteiger partial charge on any atom is 0.322 e. The molecule has 140 valence electrons. The number of nitrogens with one attached hydrogen (secondary N) is 1. The summed E-state index contributed by atoms with van der Waals surface area (Å²) in [4.78, 5) is 14.1. The van der Waals surface area contributed by atoms with Gasteiger partial charge < -0.3 is 10.0 Å². The van der Waals surface area contributed by atoms with Crippen LogP contribution in [-0.2, 0) is 0 Å². The molecule has 1 aliphatic carbocycles. The molecule has 1 fully saturated rings. The van der Waals surface area contributed by atoms with Crippen LogP contribution < -0.4 is 5.32 Å². The number of aliphatic hydroxyl groups excluding tert-OH is 1. The standard InChI is InChI=1S/C20H28N4O2/c1-15-14-19(24(22-15)17-10-6-7-11-17)21-20(26)23(2)13-12-18(25)16-8-4-3-5-9-16/h3-5,8-9,14,17-18,25H,6-7,10-13H2,1-2H3,(H,21,26)/t18-/m0/s1. The van der Waals surface area contributed by atoms with Gasteiger partial charge in [0.25, 0.3) is 0 Å². The number of rotatable bonds is 6. The zero-order chi connectivity index (χ0) is 18.5. The first-order valence-corrected chi connectivity index (χ1v) is 9.36. The lowest BCUT2D eigenvalue weighted by atomic mass is 10.1. The molecule has 26 heavy (non-hydrogen) atoms. The zero-order valence-corrected chi connectivity index (χ0v) is 15.6. The first-order chi connectivity index (χ1) is 12.5. The molecule has 2 aromatic rings. The van der Waals surface area contributed by atoms with Crippen molar-refractivity contribution in [3.63, 3.8) is 0 Å². The van der Waals surface area contributed by atoms with Gasteiger partial charge in [-0.3, -0.25) is 5.32 Å². The Morgan fingerprint density at radius 3 is 2.73 bits per heavy atom. The molecule has 1 heterocycles. The van der Waals surface area contributed by atoms with E-state index in [1.165, 1.54) is 12.8 Å². The van der Waals surface area contributed by atoms with Gasteiger partial charge in [0, 0.05) is 19.7 Å². The van der Waals surface area contributed by atoms with Crippen LogP contribution in [0.2, 0.25) is 0 Å². The van der Waals surface area contributed by atoms with E-state index in [-0.39, 0.29) is 6.03 Å². The van der Waals surface area contributed by atoms with Gasteiger partial charge in [0.2, 0.25) is 0 Å². The molecular weight excluding hydrogens is 328 g/mol. The van der Waals surface area contributed by atoms with Crippen molar-refractivity contribution in [2.45, 2.75) is 51.2 Å². The van der Waals surface area contributed by atoms with E-state index in [2.05, 4.69) is 10.4 Å². The fourth-order valence-electron chi connectivity index (χ4n) is 3.50. The molecule has 1 aromatic carbocycles. The Bertz CT molecular complexity index is 723. The quantitative estimate of drug-likeness (QED) is 0.825. The lowest BCUT2D eigenvalue weighted by Crippen LogP contribution is -2.33. The van der Waals surface area contributed by atoms with E-state index in [9.17, 15) is 9.90 Å². The second-order valence-electron chi connectivity index (χ2n) is 7.12. The van der Waals surface area contributed by atoms with Gasteiger partial charge in [-0.25, -0.2) is 9.48 Å². The Labute approximate surface area is 154 Å². The second-order valence-corrected chi connectivity index (χ2v) is 7.12. The number of benzene rings is 1. The van der Waals surface area contributed by atoms with Crippen molar-refractivity contribution in [1.29, 1.82) is 0 Å². The number of hydrogen-bond acceptors (Lipinski definition) is 3. The Hall–Kier alpha value is -2.34. The van der Waals surface area contributed by atoms with Crippen LogP contribution in [0.5, 0.6) is 0 Å². The van der Waals surface area contributed by atoms with Gasteiger partial charge in [0.05, 0.1) is 17.8 Å². The molecule has 0 radical (unpaired) electrons. The predicted octanol–water partition coefficient (Wildman–Crippen LogP) is 3.89. The van der Waals surface area contributed by atoms with Crippen molar-refractivity contribution in [2.75, 3.05) is 18.9 Å². The average Bonchev–Trinajstić information content (AvgIpc) is 3.29. The fraction of sp³-hybridized carbons (Fsp3) is 0.500. The van der Waals surface area contributed by atoms with E-state index in [1.807, 2.05) is 48.0 Å². The summed E-state index contributed by atoms with van der Waals surface area (Å²) in [5.41, 5.74) is 1.78. The number of urea groups is 1. The minimum absolute atomic E-state index is 0.176. The second kappa shape index (κ2) is 8.36. The van der Waals surface area contributed by atoms with Crippen LogP contribution in [0.3, 0.4) is 0 Å². The monoisotopic (exact) mass is 356 g/mol. The third kappa shape index (κ3) is 4.43. The number of anilines is 1.